The van der Waals surface area contributed by atoms with Gasteiger partial charge in [-0.05, 0) is 29.8 Å². The second kappa shape index (κ2) is 3.91. The number of carbonyl (C=O) groups is 1. The van der Waals surface area contributed by atoms with Gasteiger partial charge in [-0.1, -0.05) is 12.1 Å². The van der Waals surface area contributed by atoms with Crippen molar-refractivity contribution in [3.8, 4) is 17.3 Å². The number of aromatic carboxylic acids is 1. The van der Waals surface area contributed by atoms with Gasteiger partial charge >= 0.3 is 5.97 Å². The average molecular weight is 212 g/mol. The summed E-state index contributed by atoms with van der Waals surface area (Å²) in [5, 5.41) is 17.5. The highest BCUT2D eigenvalue weighted by Gasteiger charge is 2.07. The van der Waals surface area contributed by atoms with Crippen molar-refractivity contribution in [3.05, 3.63) is 47.7 Å². The van der Waals surface area contributed by atoms with Crippen LogP contribution in [0.2, 0.25) is 0 Å². The summed E-state index contributed by atoms with van der Waals surface area (Å²) in [7, 11) is 0. The van der Waals surface area contributed by atoms with E-state index in [9.17, 15) is 4.79 Å². The Morgan fingerprint density at radius 3 is 2.75 bits per heavy atom. The molecule has 1 aromatic heterocycles. The van der Waals surface area contributed by atoms with Crippen LogP contribution in [0.3, 0.4) is 0 Å². The number of H-pyrrole nitrogens is 1. The van der Waals surface area contributed by atoms with Crippen molar-refractivity contribution >= 4 is 5.97 Å². The van der Waals surface area contributed by atoms with Crippen molar-refractivity contribution < 1.29 is 9.90 Å². The molecule has 0 spiro atoms. The Morgan fingerprint density at radius 2 is 2.12 bits per heavy atom. The van der Waals surface area contributed by atoms with Gasteiger partial charge in [-0.2, -0.15) is 5.26 Å². The first-order chi connectivity index (χ1) is 7.70. The Bertz CT molecular complexity index is 579. The lowest BCUT2D eigenvalue weighted by atomic mass is 10.1. The first-order valence-electron chi connectivity index (χ1n) is 4.63. The summed E-state index contributed by atoms with van der Waals surface area (Å²) in [6.07, 6.45) is 0. The highest BCUT2D eigenvalue weighted by Crippen LogP contribution is 2.19. The van der Waals surface area contributed by atoms with Crippen LogP contribution in [-0.2, 0) is 0 Å². The number of rotatable bonds is 2. The molecule has 1 aromatic carbocycles. The molecule has 0 atom stereocenters. The summed E-state index contributed by atoms with van der Waals surface area (Å²) in [4.78, 5) is 13.5. The molecule has 0 aliphatic heterocycles. The molecule has 0 unspecified atom stereocenters. The van der Waals surface area contributed by atoms with Gasteiger partial charge in [0, 0.05) is 5.69 Å². The van der Waals surface area contributed by atoms with E-state index in [1.54, 1.807) is 24.3 Å². The minimum absolute atomic E-state index is 0.136. The molecule has 2 aromatic rings. The summed E-state index contributed by atoms with van der Waals surface area (Å²) >= 11 is 0. The summed E-state index contributed by atoms with van der Waals surface area (Å²) in [6.45, 7) is 0. The third kappa shape index (κ3) is 1.79. The molecule has 0 aliphatic carbocycles. The monoisotopic (exact) mass is 212 g/mol. The number of hydrogen-bond donors (Lipinski definition) is 2. The van der Waals surface area contributed by atoms with E-state index in [2.05, 4.69) is 4.98 Å². The smallest absolute Gasteiger partial charge is 0.352 e. The van der Waals surface area contributed by atoms with Gasteiger partial charge in [-0.15, -0.1) is 0 Å². The van der Waals surface area contributed by atoms with Gasteiger partial charge in [0.2, 0.25) is 0 Å². The molecule has 2 rings (SSSR count). The van der Waals surface area contributed by atoms with Crippen LogP contribution in [0.15, 0.2) is 36.4 Å². The molecule has 0 fully saturated rings. The van der Waals surface area contributed by atoms with E-state index in [0.717, 1.165) is 5.56 Å². The van der Waals surface area contributed by atoms with Crippen molar-refractivity contribution in [2.24, 2.45) is 0 Å². The predicted octanol–water partition coefficient (Wildman–Crippen LogP) is 2.25. The molecule has 1 heterocycles. The lowest BCUT2D eigenvalue weighted by molar-refractivity contribution is 0.0691. The molecule has 4 heteroatoms. The molecule has 0 aliphatic rings. The second-order valence-electron chi connectivity index (χ2n) is 3.28. The molecule has 2 N–H and O–H groups in total. The Morgan fingerprint density at radius 1 is 1.31 bits per heavy atom. The summed E-state index contributed by atoms with van der Waals surface area (Å²) in [5.74, 6) is -0.998. The van der Waals surface area contributed by atoms with E-state index in [1.165, 1.54) is 6.07 Å². The molecule has 0 bridgehead atoms. The minimum atomic E-state index is -0.998. The lowest BCUT2D eigenvalue weighted by Gasteiger charge is -1.97. The first kappa shape index (κ1) is 9.99. The SMILES string of the molecule is N#Cc1cccc(-c2ccc(C(=O)O)[nH]2)c1. The molecule has 0 saturated heterocycles. The zero-order valence-corrected chi connectivity index (χ0v) is 8.27. The number of nitriles is 1. The topological polar surface area (TPSA) is 76.9 Å². The van der Waals surface area contributed by atoms with Gasteiger partial charge < -0.3 is 10.1 Å². The number of nitrogens with one attached hydrogen (secondary N) is 1. The Balaban J connectivity index is 2.43. The van der Waals surface area contributed by atoms with Crippen LogP contribution in [0, 0.1) is 11.3 Å². The number of benzene rings is 1. The third-order valence-electron chi connectivity index (χ3n) is 2.22. The largest absolute Gasteiger partial charge is 0.477 e. The van der Waals surface area contributed by atoms with E-state index < -0.39 is 5.97 Å². The molecule has 0 radical (unpaired) electrons. The zero-order chi connectivity index (χ0) is 11.5. The zero-order valence-electron chi connectivity index (χ0n) is 8.27. The maximum absolute atomic E-state index is 10.7. The normalized spacial score (nSPS) is 9.69. The fraction of sp³-hybridized carbons (Fsp3) is 0. The average Bonchev–Trinajstić information content (AvgIpc) is 2.78. The highest BCUT2D eigenvalue weighted by molar-refractivity contribution is 5.86. The number of aromatic nitrogens is 1. The van der Waals surface area contributed by atoms with E-state index >= 15 is 0 Å². The van der Waals surface area contributed by atoms with Crippen LogP contribution < -0.4 is 0 Å². The first-order valence-corrected chi connectivity index (χ1v) is 4.63. The Labute approximate surface area is 91.8 Å². The maximum atomic E-state index is 10.7. The Kier molecular flexibility index (Phi) is 2.44. The molecular weight excluding hydrogens is 204 g/mol. The van der Waals surface area contributed by atoms with E-state index in [1.807, 2.05) is 12.1 Å². The van der Waals surface area contributed by atoms with E-state index in [4.69, 9.17) is 10.4 Å². The number of carboxylic acid groups (broad SMARTS) is 1. The summed E-state index contributed by atoms with van der Waals surface area (Å²) in [5.41, 5.74) is 2.17. The van der Waals surface area contributed by atoms with Crippen molar-refractivity contribution in [1.82, 2.24) is 4.98 Å². The van der Waals surface area contributed by atoms with E-state index in [-0.39, 0.29) is 5.69 Å². The number of hydrogen-bond acceptors (Lipinski definition) is 2. The minimum Gasteiger partial charge on any atom is -0.477 e. The summed E-state index contributed by atoms with van der Waals surface area (Å²) < 4.78 is 0. The van der Waals surface area contributed by atoms with Gasteiger partial charge in [0.15, 0.2) is 0 Å². The van der Waals surface area contributed by atoms with Crippen molar-refractivity contribution in [1.29, 1.82) is 5.26 Å². The molecule has 0 amide bonds. The van der Waals surface area contributed by atoms with Crippen LogP contribution in [0.1, 0.15) is 16.1 Å². The quantitative estimate of drug-likeness (QED) is 0.801. The van der Waals surface area contributed by atoms with Crippen LogP contribution in [0.25, 0.3) is 11.3 Å². The van der Waals surface area contributed by atoms with Gasteiger partial charge in [0.25, 0.3) is 0 Å². The van der Waals surface area contributed by atoms with Crippen LogP contribution in [0.5, 0.6) is 0 Å². The van der Waals surface area contributed by atoms with Crippen LogP contribution >= 0.6 is 0 Å². The molecule has 16 heavy (non-hydrogen) atoms. The predicted molar refractivity (Wildman–Crippen MR) is 57.9 cm³/mol. The van der Waals surface area contributed by atoms with Crippen molar-refractivity contribution in [2.45, 2.75) is 0 Å². The number of aromatic amines is 1. The summed E-state index contributed by atoms with van der Waals surface area (Å²) in [6, 6.07) is 12.2. The van der Waals surface area contributed by atoms with Crippen molar-refractivity contribution in [3.63, 3.8) is 0 Å². The molecule has 4 nitrogen and oxygen atoms in total. The van der Waals surface area contributed by atoms with Gasteiger partial charge in [0.05, 0.1) is 11.6 Å². The maximum Gasteiger partial charge on any atom is 0.352 e. The number of carboxylic acids is 1. The second-order valence-corrected chi connectivity index (χ2v) is 3.28. The molecular formula is C12H8N2O2. The fourth-order valence-corrected chi connectivity index (χ4v) is 1.44. The van der Waals surface area contributed by atoms with Gasteiger partial charge in [0.1, 0.15) is 5.69 Å². The van der Waals surface area contributed by atoms with Gasteiger partial charge in [-0.3, -0.25) is 0 Å². The molecule has 0 saturated carbocycles. The Hall–Kier alpha value is -2.54. The standard InChI is InChI=1S/C12H8N2O2/c13-7-8-2-1-3-9(6-8)10-4-5-11(14-10)12(15)16/h1-6,14H,(H,15,16). The lowest BCUT2D eigenvalue weighted by Crippen LogP contribution is -1.95. The highest BCUT2D eigenvalue weighted by atomic mass is 16.4. The van der Waals surface area contributed by atoms with E-state index in [0.29, 0.717) is 11.3 Å². The fourth-order valence-electron chi connectivity index (χ4n) is 1.44. The third-order valence-corrected chi connectivity index (χ3v) is 2.22. The van der Waals surface area contributed by atoms with Gasteiger partial charge in [-0.25, -0.2) is 4.79 Å². The van der Waals surface area contributed by atoms with Crippen LogP contribution in [0.4, 0.5) is 0 Å². The van der Waals surface area contributed by atoms with Crippen LogP contribution in [-0.4, -0.2) is 16.1 Å². The van der Waals surface area contributed by atoms with Crippen molar-refractivity contribution in [2.75, 3.05) is 0 Å². The molecule has 78 valence electrons. The number of nitrogens with zero attached hydrogens (tertiary/aromatic N) is 1.